The lowest BCUT2D eigenvalue weighted by atomic mass is 9.91. The summed E-state index contributed by atoms with van der Waals surface area (Å²) in [5.41, 5.74) is 2.76. The maximum atomic E-state index is 12.8. The Balaban J connectivity index is 1.77. The van der Waals surface area contributed by atoms with E-state index < -0.39 is 0 Å². The average molecular weight is 352 g/mol. The minimum Gasteiger partial charge on any atom is -0.350 e. The minimum absolute atomic E-state index is 0.0446. The molecule has 126 valence electrons. The molecule has 0 aliphatic carbocycles. The van der Waals surface area contributed by atoms with Gasteiger partial charge in [-0.25, -0.2) is 0 Å². The van der Waals surface area contributed by atoms with E-state index in [4.69, 9.17) is 11.6 Å². The second kappa shape index (κ2) is 8.40. The van der Waals surface area contributed by atoms with Crippen molar-refractivity contribution in [1.29, 1.82) is 0 Å². The highest BCUT2D eigenvalue weighted by Gasteiger charge is 2.21. The highest BCUT2D eigenvalue weighted by Crippen LogP contribution is 2.23. The molecule has 0 bridgehead atoms. The number of hydrogen-bond donors (Lipinski definition) is 1. The summed E-state index contributed by atoms with van der Waals surface area (Å²) in [7, 11) is 0. The molecule has 1 N–H and O–H groups in total. The fraction of sp³-hybridized carbons (Fsp3) is 0.150. The van der Waals surface area contributed by atoms with Crippen molar-refractivity contribution < 1.29 is 4.79 Å². The smallest absolute Gasteiger partial charge is 0.228 e. The molecule has 1 unspecified atom stereocenters. The van der Waals surface area contributed by atoms with Crippen LogP contribution in [0, 0.1) is 0 Å². The number of hydrogen-bond acceptors (Lipinski definition) is 3. The van der Waals surface area contributed by atoms with Crippen LogP contribution in [-0.2, 0) is 17.8 Å². The normalized spacial score (nSPS) is 11.7. The van der Waals surface area contributed by atoms with Crippen molar-refractivity contribution in [2.75, 3.05) is 0 Å². The lowest BCUT2D eigenvalue weighted by Crippen LogP contribution is -2.30. The summed E-state index contributed by atoms with van der Waals surface area (Å²) >= 11 is 5.98. The number of nitrogens with one attached hydrogen (secondary N) is 1. The van der Waals surface area contributed by atoms with Crippen molar-refractivity contribution in [3.63, 3.8) is 0 Å². The summed E-state index contributed by atoms with van der Waals surface area (Å²) < 4.78 is 0. The van der Waals surface area contributed by atoms with E-state index in [1.807, 2.05) is 42.5 Å². The third-order valence-corrected chi connectivity index (χ3v) is 4.17. The molecule has 3 aromatic rings. The zero-order valence-corrected chi connectivity index (χ0v) is 14.4. The second-order valence-corrected chi connectivity index (χ2v) is 6.14. The molecule has 0 aliphatic rings. The van der Waals surface area contributed by atoms with Gasteiger partial charge in [0.1, 0.15) is 0 Å². The number of pyridine rings is 2. The van der Waals surface area contributed by atoms with Gasteiger partial charge in [0.25, 0.3) is 0 Å². The highest BCUT2D eigenvalue weighted by atomic mass is 35.5. The summed E-state index contributed by atoms with van der Waals surface area (Å²) in [5, 5.41) is 3.63. The number of amides is 1. The van der Waals surface area contributed by atoms with Crippen LogP contribution in [0.1, 0.15) is 22.7 Å². The predicted octanol–water partition coefficient (Wildman–Crippen LogP) is 3.77. The number of halogens is 1. The summed E-state index contributed by atoms with van der Waals surface area (Å²) in [6, 6.07) is 16.9. The Morgan fingerprint density at radius 3 is 2.56 bits per heavy atom. The van der Waals surface area contributed by atoms with E-state index in [2.05, 4.69) is 15.3 Å². The van der Waals surface area contributed by atoms with E-state index in [9.17, 15) is 4.79 Å². The Labute approximate surface area is 151 Å². The quantitative estimate of drug-likeness (QED) is 0.735. The Kier molecular flexibility index (Phi) is 5.75. The van der Waals surface area contributed by atoms with Crippen molar-refractivity contribution >= 4 is 17.5 Å². The number of benzene rings is 1. The van der Waals surface area contributed by atoms with Crippen molar-refractivity contribution in [3.8, 4) is 0 Å². The van der Waals surface area contributed by atoms with Crippen LogP contribution in [0.25, 0.3) is 0 Å². The third kappa shape index (κ3) is 4.88. The predicted molar refractivity (Wildman–Crippen MR) is 98.2 cm³/mol. The van der Waals surface area contributed by atoms with Crippen LogP contribution >= 0.6 is 11.6 Å². The topological polar surface area (TPSA) is 54.9 Å². The van der Waals surface area contributed by atoms with Crippen LogP contribution in [0.15, 0.2) is 73.2 Å². The summed E-state index contributed by atoms with van der Waals surface area (Å²) in [6.45, 7) is 0.400. The number of nitrogens with zero attached hydrogens (tertiary/aromatic N) is 2. The molecular formula is C20H18ClN3O. The fourth-order valence-corrected chi connectivity index (χ4v) is 2.74. The molecule has 25 heavy (non-hydrogen) atoms. The van der Waals surface area contributed by atoms with Crippen molar-refractivity contribution in [2.24, 2.45) is 0 Å². The molecule has 0 radical (unpaired) electrons. The maximum absolute atomic E-state index is 12.8. The molecule has 0 spiro atoms. The Bertz CT molecular complexity index is 807. The van der Waals surface area contributed by atoms with Gasteiger partial charge in [0.2, 0.25) is 5.91 Å². The van der Waals surface area contributed by atoms with E-state index in [1.165, 1.54) is 0 Å². The molecule has 0 aliphatic heterocycles. The van der Waals surface area contributed by atoms with Gasteiger partial charge in [-0.05, 0) is 47.9 Å². The second-order valence-electron chi connectivity index (χ2n) is 5.71. The molecule has 1 atom stereocenters. The van der Waals surface area contributed by atoms with E-state index >= 15 is 0 Å². The van der Waals surface area contributed by atoms with E-state index in [-0.39, 0.29) is 11.8 Å². The number of carbonyl (C=O) groups excluding carboxylic acids is 1. The van der Waals surface area contributed by atoms with E-state index in [1.54, 1.807) is 30.7 Å². The monoisotopic (exact) mass is 351 g/mol. The minimum atomic E-state index is -0.315. The van der Waals surface area contributed by atoms with Gasteiger partial charge in [-0.3, -0.25) is 14.8 Å². The van der Waals surface area contributed by atoms with Gasteiger partial charge in [0, 0.05) is 23.6 Å². The fourth-order valence-electron chi connectivity index (χ4n) is 2.62. The summed E-state index contributed by atoms with van der Waals surface area (Å²) in [6.07, 6.45) is 5.80. The molecule has 0 fully saturated rings. The van der Waals surface area contributed by atoms with Gasteiger partial charge >= 0.3 is 0 Å². The van der Waals surface area contributed by atoms with Crippen LogP contribution in [0.2, 0.25) is 5.02 Å². The van der Waals surface area contributed by atoms with Gasteiger partial charge in [0.15, 0.2) is 0 Å². The lowest BCUT2D eigenvalue weighted by Gasteiger charge is -2.17. The van der Waals surface area contributed by atoms with Crippen LogP contribution in [-0.4, -0.2) is 15.9 Å². The molecule has 2 heterocycles. The first-order chi connectivity index (χ1) is 12.2. The molecule has 0 saturated carbocycles. The zero-order valence-electron chi connectivity index (χ0n) is 13.6. The maximum Gasteiger partial charge on any atom is 0.228 e. The van der Waals surface area contributed by atoms with Crippen LogP contribution in [0.3, 0.4) is 0 Å². The largest absolute Gasteiger partial charge is 0.350 e. The number of carbonyl (C=O) groups is 1. The zero-order chi connectivity index (χ0) is 17.5. The summed E-state index contributed by atoms with van der Waals surface area (Å²) in [5.74, 6) is -0.359. The summed E-state index contributed by atoms with van der Waals surface area (Å²) in [4.78, 5) is 21.2. The lowest BCUT2D eigenvalue weighted by molar-refractivity contribution is -0.122. The van der Waals surface area contributed by atoms with E-state index in [0.717, 1.165) is 16.8 Å². The molecule has 4 nitrogen and oxygen atoms in total. The molecule has 1 aromatic carbocycles. The molecule has 1 amide bonds. The standard InChI is InChI=1S/C20H18ClN3O/c21-17-8-6-16(7-9-17)19(12-15-4-3-10-22-13-15)20(25)24-14-18-5-1-2-11-23-18/h1-11,13,19H,12,14H2,(H,24,25). The first kappa shape index (κ1) is 17.1. The Morgan fingerprint density at radius 2 is 1.88 bits per heavy atom. The van der Waals surface area contributed by atoms with Crippen molar-refractivity contribution in [1.82, 2.24) is 15.3 Å². The van der Waals surface area contributed by atoms with Crippen molar-refractivity contribution in [3.05, 3.63) is 95.0 Å². The van der Waals surface area contributed by atoms with Gasteiger partial charge < -0.3 is 5.32 Å². The third-order valence-electron chi connectivity index (χ3n) is 3.92. The molecule has 5 heteroatoms. The van der Waals surface area contributed by atoms with Gasteiger partial charge in [-0.2, -0.15) is 0 Å². The molecule has 3 rings (SSSR count). The van der Waals surface area contributed by atoms with Crippen molar-refractivity contribution in [2.45, 2.75) is 18.9 Å². The Morgan fingerprint density at radius 1 is 1.04 bits per heavy atom. The SMILES string of the molecule is O=C(NCc1ccccn1)C(Cc1cccnc1)c1ccc(Cl)cc1. The Hall–Kier alpha value is -2.72. The average Bonchev–Trinajstić information content (AvgIpc) is 2.67. The van der Waals surface area contributed by atoms with Crippen LogP contribution in [0.4, 0.5) is 0 Å². The molecule has 2 aromatic heterocycles. The first-order valence-corrected chi connectivity index (χ1v) is 8.42. The highest BCUT2D eigenvalue weighted by molar-refractivity contribution is 6.30. The van der Waals surface area contributed by atoms with Gasteiger partial charge in [-0.1, -0.05) is 35.9 Å². The van der Waals surface area contributed by atoms with Crippen LogP contribution < -0.4 is 5.32 Å². The van der Waals surface area contributed by atoms with E-state index in [0.29, 0.717) is 18.0 Å². The number of aromatic nitrogens is 2. The molecular weight excluding hydrogens is 334 g/mol. The molecule has 0 saturated heterocycles. The van der Waals surface area contributed by atoms with Crippen LogP contribution in [0.5, 0.6) is 0 Å². The van der Waals surface area contributed by atoms with Gasteiger partial charge in [-0.15, -0.1) is 0 Å². The number of rotatable bonds is 6. The first-order valence-electron chi connectivity index (χ1n) is 8.04. The van der Waals surface area contributed by atoms with Gasteiger partial charge in [0.05, 0.1) is 18.2 Å².